The summed E-state index contributed by atoms with van der Waals surface area (Å²) in [6, 6.07) is 6.49. The van der Waals surface area contributed by atoms with E-state index in [0.717, 1.165) is 24.1 Å². The predicted octanol–water partition coefficient (Wildman–Crippen LogP) is 2.57. The maximum Gasteiger partial charge on any atom is 0.271 e. The monoisotopic (exact) mass is 351 g/mol. The molecule has 2 aromatic heterocycles. The van der Waals surface area contributed by atoms with E-state index in [4.69, 9.17) is 0 Å². The maximum atomic E-state index is 13.1. The van der Waals surface area contributed by atoms with Gasteiger partial charge in [0.25, 0.3) is 5.91 Å². The molecule has 26 heavy (non-hydrogen) atoms. The van der Waals surface area contributed by atoms with Crippen LogP contribution in [0.1, 0.15) is 34.6 Å². The third-order valence-corrected chi connectivity index (χ3v) is 4.74. The molecule has 2 heterocycles. The van der Waals surface area contributed by atoms with Gasteiger partial charge < -0.3 is 5.32 Å². The summed E-state index contributed by atoms with van der Waals surface area (Å²) in [5.41, 5.74) is 2.10. The molecule has 1 aromatic carbocycles. The quantitative estimate of drug-likeness (QED) is 0.767. The number of hydrogen-bond donors (Lipinski definition) is 1. The second-order valence-corrected chi connectivity index (χ2v) is 6.65. The van der Waals surface area contributed by atoms with E-state index >= 15 is 0 Å². The van der Waals surface area contributed by atoms with E-state index < -0.39 is 0 Å². The zero-order chi connectivity index (χ0) is 18.1. The fourth-order valence-electron chi connectivity index (χ4n) is 2.98. The molecule has 132 valence electrons. The number of halogens is 1. The van der Waals surface area contributed by atoms with Crippen molar-refractivity contribution in [2.75, 3.05) is 6.54 Å². The van der Waals surface area contributed by atoms with E-state index in [0.29, 0.717) is 12.4 Å². The molecule has 0 unspecified atom stereocenters. The van der Waals surface area contributed by atoms with Gasteiger partial charge in [-0.15, -0.1) is 0 Å². The van der Waals surface area contributed by atoms with Crippen LogP contribution in [0.4, 0.5) is 4.39 Å². The molecule has 7 heteroatoms. The molecule has 1 aliphatic rings. The van der Waals surface area contributed by atoms with Gasteiger partial charge in [0.2, 0.25) is 0 Å². The van der Waals surface area contributed by atoms with Crippen LogP contribution in [0.15, 0.2) is 49.2 Å². The Hall–Kier alpha value is -3.09. The van der Waals surface area contributed by atoms with E-state index in [1.807, 2.05) is 13.1 Å². The number of hydrogen-bond acceptors (Lipinski definition) is 4. The zero-order valence-corrected chi connectivity index (χ0v) is 14.3. The standard InChI is InChI=1S/C19H18FN5O/c1-13-10-25(12-24-13)17-9-21-16(8-22-17)18(26)23-11-19(6-7-19)14-2-4-15(20)5-3-14/h2-5,8-10,12H,6-7,11H2,1H3,(H,23,26). The number of rotatable bonds is 5. The average Bonchev–Trinajstić information content (AvgIpc) is 3.33. The minimum absolute atomic E-state index is 0.0922. The van der Waals surface area contributed by atoms with Crippen LogP contribution in [0, 0.1) is 12.7 Å². The molecule has 1 N–H and O–H groups in total. The minimum Gasteiger partial charge on any atom is -0.350 e. The maximum absolute atomic E-state index is 13.1. The summed E-state index contributed by atoms with van der Waals surface area (Å²) in [4.78, 5) is 25.0. The van der Waals surface area contributed by atoms with Crippen molar-refractivity contribution < 1.29 is 9.18 Å². The summed E-state index contributed by atoms with van der Waals surface area (Å²) in [6.45, 7) is 2.39. The van der Waals surface area contributed by atoms with E-state index in [1.54, 1.807) is 29.2 Å². The Kier molecular flexibility index (Phi) is 3.99. The number of carbonyl (C=O) groups is 1. The van der Waals surface area contributed by atoms with Crippen LogP contribution in [0.3, 0.4) is 0 Å². The van der Waals surface area contributed by atoms with Crippen molar-refractivity contribution in [2.24, 2.45) is 0 Å². The van der Waals surface area contributed by atoms with Gasteiger partial charge in [-0.2, -0.15) is 0 Å². The van der Waals surface area contributed by atoms with Crippen molar-refractivity contribution in [1.29, 1.82) is 0 Å². The molecule has 1 amide bonds. The topological polar surface area (TPSA) is 72.7 Å². The largest absolute Gasteiger partial charge is 0.350 e. The molecule has 0 radical (unpaired) electrons. The van der Waals surface area contributed by atoms with Crippen molar-refractivity contribution in [1.82, 2.24) is 24.8 Å². The molecule has 0 spiro atoms. The smallest absolute Gasteiger partial charge is 0.271 e. The number of nitrogens with one attached hydrogen (secondary N) is 1. The van der Waals surface area contributed by atoms with Crippen LogP contribution in [0.5, 0.6) is 0 Å². The Morgan fingerprint density at radius 3 is 2.54 bits per heavy atom. The first-order valence-electron chi connectivity index (χ1n) is 8.43. The van der Waals surface area contributed by atoms with Crippen molar-refractivity contribution in [3.63, 3.8) is 0 Å². The third kappa shape index (κ3) is 3.20. The zero-order valence-electron chi connectivity index (χ0n) is 14.3. The average molecular weight is 351 g/mol. The number of aryl methyl sites for hydroxylation is 1. The second kappa shape index (κ2) is 6.33. The molecular weight excluding hydrogens is 333 g/mol. The molecule has 1 aliphatic carbocycles. The lowest BCUT2D eigenvalue weighted by Gasteiger charge is -2.16. The molecule has 4 rings (SSSR count). The van der Waals surface area contributed by atoms with Gasteiger partial charge in [0, 0.05) is 18.2 Å². The summed E-state index contributed by atoms with van der Waals surface area (Å²) >= 11 is 0. The molecule has 3 aromatic rings. The molecule has 0 atom stereocenters. The summed E-state index contributed by atoms with van der Waals surface area (Å²) in [5, 5.41) is 2.92. The van der Waals surface area contributed by atoms with Gasteiger partial charge in [0.1, 0.15) is 17.8 Å². The number of imidazole rings is 1. The molecule has 1 saturated carbocycles. The lowest BCUT2D eigenvalue weighted by atomic mass is 9.96. The Labute approximate surface area is 150 Å². The first kappa shape index (κ1) is 16.4. The van der Waals surface area contributed by atoms with E-state index in [1.165, 1.54) is 18.3 Å². The first-order chi connectivity index (χ1) is 12.6. The van der Waals surface area contributed by atoms with Crippen LogP contribution < -0.4 is 5.32 Å². The lowest BCUT2D eigenvalue weighted by Crippen LogP contribution is -2.32. The molecule has 0 saturated heterocycles. The normalized spacial score (nSPS) is 14.8. The highest BCUT2D eigenvalue weighted by atomic mass is 19.1. The fraction of sp³-hybridized carbons (Fsp3) is 0.263. The Morgan fingerprint density at radius 1 is 1.19 bits per heavy atom. The van der Waals surface area contributed by atoms with Gasteiger partial charge in [-0.1, -0.05) is 12.1 Å². The SMILES string of the molecule is Cc1cn(-c2cnc(C(=O)NCC3(c4ccc(F)cc4)CC3)cn2)cn1. The van der Waals surface area contributed by atoms with Crippen LogP contribution in [0.2, 0.25) is 0 Å². The predicted molar refractivity (Wildman–Crippen MR) is 93.5 cm³/mol. The minimum atomic E-state index is -0.265. The van der Waals surface area contributed by atoms with Gasteiger partial charge in [0.05, 0.1) is 18.1 Å². The van der Waals surface area contributed by atoms with E-state index in [9.17, 15) is 9.18 Å². The van der Waals surface area contributed by atoms with E-state index in [-0.39, 0.29) is 22.8 Å². The molecule has 0 aliphatic heterocycles. The van der Waals surface area contributed by atoms with Crippen LogP contribution in [-0.4, -0.2) is 32.0 Å². The summed E-state index contributed by atoms with van der Waals surface area (Å²) in [7, 11) is 0. The van der Waals surface area contributed by atoms with Gasteiger partial charge in [0.15, 0.2) is 5.82 Å². The van der Waals surface area contributed by atoms with Crippen molar-refractivity contribution in [3.8, 4) is 5.82 Å². The van der Waals surface area contributed by atoms with Crippen molar-refractivity contribution in [2.45, 2.75) is 25.2 Å². The number of carbonyl (C=O) groups excluding carboxylic acids is 1. The number of aromatic nitrogens is 4. The highest BCUT2D eigenvalue weighted by molar-refractivity contribution is 5.92. The first-order valence-corrected chi connectivity index (χ1v) is 8.43. The van der Waals surface area contributed by atoms with Gasteiger partial charge >= 0.3 is 0 Å². The fourth-order valence-corrected chi connectivity index (χ4v) is 2.98. The summed E-state index contributed by atoms with van der Waals surface area (Å²) in [5.74, 6) is 0.0865. The highest BCUT2D eigenvalue weighted by Crippen LogP contribution is 2.47. The second-order valence-electron chi connectivity index (χ2n) is 6.65. The number of amides is 1. The van der Waals surface area contributed by atoms with Crippen molar-refractivity contribution in [3.05, 3.63) is 72.0 Å². The van der Waals surface area contributed by atoms with Gasteiger partial charge in [-0.05, 0) is 37.5 Å². The molecule has 0 bridgehead atoms. The number of nitrogens with zero attached hydrogens (tertiary/aromatic N) is 4. The van der Waals surface area contributed by atoms with Crippen LogP contribution >= 0.6 is 0 Å². The lowest BCUT2D eigenvalue weighted by molar-refractivity contribution is 0.0944. The molecule has 6 nitrogen and oxygen atoms in total. The number of benzene rings is 1. The molecular formula is C19H18FN5O. The van der Waals surface area contributed by atoms with Crippen LogP contribution in [0.25, 0.3) is 5.82 Å². The van der Waals surface area contributed by atoms with Gasteiger partial charge in [-0.3, -0.25) is 9.36 Å². The van der Waals surface area contributed by atoms with Crippen LogP contribution in [-0.2, 0) is 5.41 Å². The summed E-state index contributed by atoms with van der Waals surface area (Å²) < 4.78 is 14.8. The Morgan fingerprint density at radius 2 is 1.96 bits per heavy atom. The third-order valence-electron chi connectivity index (χ3n) is 4.74. The van der Waals surface area contributed by atoms with Gasteiger partial charge in [-0.25, -0.2) is 19.3 Å². The Bertz CT molecular complexity index is 929. The highest BCUT2D eigenvalue weighted by Gasteiger charge is 2.44. The molecule has 1 fully saturated rings. The summed E-state index contributed by atoms with van der Waals surface area (Å²) in [6.07, 6.45) is 8.44. The van der Waals surface area contributed by atoms with E-state index in [2.05, 4.69) is 20.3 Å². The van der Waals surface area contributed by atoms with Crippen molar-refractivity contribution >= 4 is 5.91 Å². The Balaban J connectivity index is 1.41.